The first-order valence-corrected chi connectivity index (χ1v) is 12.2. The van der Waals surface area contributed by atoms with Crippen LogP contribution in [0.1, 0.15) is 11.1 Å². The molecule has 1 aromatic heterocycles. The molecule has 0 spiro atoms. The summed E-state index contributed by atoms with van der Waals surface area (Å²) in [7, 11) is 1.57. The quantitative estimate of drug-likeness (QED) is 0.180. The van der Waals surface area contributed by atoms with Gasteiger partial charge in [-0.2, -0.15) is 5.10 Å². The van der Waals surface area contributed by atoms with E-state index < -0.39 is 0 Å². The Morgan fingerprint density at radius 3 is 2.79 bits per heavy atom. The number of thioether (sulfide) groups is 1. The summed E-state index contributed by atoms with van der Waals surface area (Å²) < 4.78 is 13.4. The fraction of sp³-hybridized carbons (Fsp3) is 0.125. The van der Waals surface area contributed by atoms with Crippen LogP contribution in [-0.2, 0) is 11.4 Å². The Bertz CT molecular complexity index is 1260. The SMILES string of the molecule is COc1cccc(/C=N\NC(=O)CSc2nc3ccccc3s2)c1OCc1ccccc1Cl. The zero-order valence-corrected chi connectivity index (χ0v) is 20.0. The molecule has 0 saturated carbocycles. The zero-order valence-electron chi connectivity index (χ0n) is 17.7. The molecule has 0 radical (unpaired) electrons. The van der Waals surface area contributed by atoms with Crippen molar-refractivity contribution in [3.05, 3.63) is 82.9 Å². The molecule has 6 nitrogen and oxygen atoms in total. The van der Waals surface area contributed by atoms with Gasteiger partial charge in [-0.05, 0) is 30.3 Å². The molecule has 1 amide bonds. The Morgan fingerprint density at radius 1 is 1.15 bits per heavy atom. The van der Waals surface area contributed by atoms with E-state index in [1.807, 2.05) is 60.7 Å². The summed E-state index contributed by atoms with van der Waals surface area (Å²) in [6.45, 7) is 0.270. The summed E-state index contributed by atoms with van der Waals surface area (Å²) in [5.41, 5.74) is 5.01. The summed E-state index contributed by atoms with van der Waals surface area (Å²) >= 11 is 9.17. The number of aromatic nitrogens is 1. The fourth-order valence-corrected chi connectivity index (χ4v) is 5.01. The van der Waals surface area contributed by atoms with Crippen molar-refractivity contribution in [2.24, 2.45) is 5.10 Å². The minimum Gasteiger partial charge on any atom is -0.493 e. The molecule has 0 aliphatic heterocycles. The monoisotopic (exact) mass is 497 g/mol. The van der Waals surface area contributed by atoms with Crippen molar-refractivity contribution in [1.82, 2.24) is 10.4 Å². The van der Waals surface area contributed by atoms with E-state index in [0.29, 0.717) is 22.1 Å². The van der Waals surface area contributed by atoms with Crippen LogP contribution in [0.3, 0.4) is 0 Å². The van der Waals surface area contributed by atoms with Crippen LogP contribution in [0.5, 0.6) is 11.5 Å². The third-order valence-corrected chi connectivity index (χ3v) is 7.10. The molecule has 33 heavy (non-hydrogen) atoms. The molecule has 0 atom stereocenters. The molecule has 4 aromatic rings. The Labute approximate surface area is 204 Å². The molecule has 9 heteroatoms. The van der Waals surface area contributed by atoms with E-state index in [9.17, 15) is 4.79 Å². The van der Waals surface area contributed by atoms with Gasteiger partial charge in [-0.3, -0.25) is 4.79 Å². The molecule has 0 aliphatic carbocycles. The highest BCUT2D eigenvalue weighted by molar-refractivity contribution is 8.01. The lowest BCUT2D eigenvalue weighted by molar-refractivity contribution is -0.118. The van der Waals surface area contributed by atoms with Gasteiger partial charge in [0.15, 0.2) is 15.8 Å². The highest BCUT2D eigenvalue weighted by Crippen LogP contribution is 2.32. The molecule has 1 heterocycles. The highest BCUT2D eigenvalue weighted by Gasteiger charge is 2.11. The number of para-hydroxylation sites is 2. The number of amides is 1. The molecular formula is C24H20ClN3O3S2. The summed E-state index contributed by atoms with van der Waals surface area (Å²) in [6.07, 6.45) is 1.53. The van der Waals surface area contributed by atoms with Gasteiger partial charge in [0.05, 0.1) is 29.3 Å². The standard InChI is InChI=1S/C24H20ClN3O3S2/c1-30-20-11-6-8-16(23(20)31-14-17-7-2-3-9-18(17)25)13-26-28-22(29)15-32-24-27-19-10-4-5-12-21(19)33-24/h2-13H,14-15H2,1H3,(H,28,29)/b26-13-. The Morgan fingerprint density at radius 2 is 1.97 bits per heavy atom. The second-order valence-corrected chi connectivity index (χ2v) is 9.45. The van der Waals surface area contributed by atoms with E-state index in [-0.39, 0.29) is 18.3 Å². The number of hydrogen-bond donors (Lipinski definition) is 1. The van der Waals surface area contributed by atoms with Crippen molar-refractivity contribution >= 4 is 57.0 Å². The highest BCUT2D eigenvalue weighted by atomic mass is 35.5. The van der Waals surface area contributed by atoms with Gasteiger partial charge in [-0.1, -0.05) is 59.8 Å². The van der Waals surface area contributed by atoms with E-state index in [1.165, 1.54) is 18.0 Å². The topological polar surface area (TPSA) is 72.8 Å². The first-order valence-electron chi connectivity index (χ1n) is 9.97. The van der Waals surface area contributed by atoms with Crippen molar-refractivity contribution in [1.29, 1.82) is 0 Å². The van der Waals surface area contributed by atoms with Crippen molar-refractivity contribution in [2.75, 3.05) is 12.9 Å². The lowest BCUT2D eigenvalue weighted by Gasteiger charge is -2.13. The number of carbonyl (C=O) groups is 1. The zero-order chi connectivity index (χ0) is 23.0. The molecule has 0 aliphatic rings. The molecule has 1 N–H and O–H groups in total. The average Bonchev–Trinajstić information content (AvgIpc) is 3.26. The van der Waals surface area contributed by atoms with Crippen LogP contribution >= 0.6 is 34.7 Å². The lowest BCUT2D eigenvalue weighted by atomic mass is 10.2. The van der Waals surface area contributed by atoms with Crippen LogP contribution in [0.15, 0.2) is 76.2 Å². The predicted octanol–water partition coefficient (Wildman–Crippen LogP) is 5.78. The lowest BCUT2D eigenvalue weighted by Crippen LogP contribution is -2.19. The number of ether oxygens (including phenoxy) is 2. The molecule has 4 rings (SSSR count). The van der Waals surface area contributed by atoms with Gasteiger partial charge in [0.25, 0.3) is 5.91 Å². The fourth-order valence-electron chi connectivity index (χ4n) is 2.96. The smallest absolute Gasteiger partial charge is 0.250 e. The number of nitrogens with zero attached hydrogens (tertiary/aromatic N) is 2. The Kier molecular flexibility index (Phi) is 7.83. The van der Waals surface area contributed by atoms with Gasteiger partial charge >= 0.3 is 0 Å². The summed E-state index contributed by atoms with van der Waals surface area (Å²) in [5, 5.41) is 4.71. The number of carbonyl (C=O) groups excluding carboxylic acids is 1. The Balaban J connectivity index is 1.37. The van der Waals surface area contributed by atoms with E-state index in [0.717, 1.165) is 20.1 Å². The molecule has 0 bridgehead atoms. The molecule has 0 fully saturated rings. The van der Waals surface area contributed by atoms with Crippen LogP contribution in [0.25, 0.3) is 10.2 Å². The number of halogens is 1. The van der Waals surface area contributed by atoms with Gasteiger partial charge in [0, 0.05) is 16.1 Å². The van der Waals surface area contributed by atoms with Crippen LogP contribution < -0.4 is 14.9 Å². The van der Waals surface area contributed by atoms with Gasteiger partial charge < -0.3 is 9.47 Å². The number of methoxy groups -OCH3 is 1. The largest absolute Gasteiger partial charge is 0.493 e. The summed E-state index contributed by atoms with van der Waals surface area (Å²) in [6, 6.07) is 20.8. The minimum atomic E-state index is -0.225. The third kappa shape index (κ3) is 6.04. The number of benzene rings is 3. The number of rotatable bonds is 9. The molecule has 3 aromatic carbocycles. The second kappa shape index (κ2) is 11.2. The van der Waals surface area contributed by atoms with Gasteiger partial charge in [0.1, 0.15) is 6.61 Å². The number of thiazole rings is 1. The maximum Gasteiger partial charge on any atom is 0.250 e. The van der Waals surface area contributed by atoms with Crippen LogP contribution in [-0.4, -0.2) is 30.0 Å². The first-order chi connectivity index (χ1) is 16.1. The third-order valence-electron chi connectivity index (χ3n) is 4.55. The predicted molar refractivity (Wildman–Crippen MR) is 135 cm³/mol. The van der Waals surface area contributed by atoms with Crippen molar-refractivity contribution in [3.8, 4) is 11.5 Å². The number of fused-ring (bicyclic) bond motifs is 1. The van der Waals surface area contributed by atoms with Gasteiger partial charge in [-0.15, -0.1) is 11.3 Å². The van der Waals surface area contributed by atoms with Gasteiger partial charge in [0.2, 0.25) is 0 Å². The number of nitrogens with one attached hydrogen (secondary N) is 1. The molecule has 0 saturated heterocycles. The molecule has 168 valence electrons. The molecular weight excluding hydrogens is 478 g/mol. The average molecular weight is 498 g/mol. The second-order valence-electron chi connectivity index (χ2n) is 6.79. The summed E-state index contributed by atoms with van der Waals surface area (Å²) in [4.78, 5) is 16.8. The minimum absolute atomic E-state index is 0.213. The maximum absolute atomic E-state index is 12.2. The first kappa shape index (κ1) is 23.1. The van der Waals surface area contributed by atoms with E-state index in [4.69, 9.17) is 21.1 Å². The van der Waals surface area contributed by atoms with Gasteiger partial charge in [-0.25, -0.2) is 10.4 Å². The summed E-state index contributed by atoms with van der Waals surface area (Å²) in [5.74, 6) is 1.06. The Hall–Kier alpha value is -3.07. The van der Waals surface area contributed by atoms with Crippen LogP contribution in [0, 0.1) is 0 Å². The number of hydrazone groups is 1. The van der Waals surface area contributed by atoms with Crippen LogP contribution in [0.2, 0.25) is 5.02 Å². The van der Waals surface area contributed by atoms with Crippen molar-refractivity contribution in [3.63, 3.8) is 0 Å². The van der Waals surface area contributed by atoms with Crippen LogP contribution in [0.4, 0.5) is 0 Å². The molecule has 0 unspecified atom stereocenters. The normalized spacial score (nSPS) is 11.1. The van der Waals surface area contributed by atoms with Crippen molar-refractivity contribution in [2.45, 2.75) is 10.9 Å². The number of hydrogen-bond acceptors (Lipinski definition) is 7. The maximum atomic E-state index is 12.2. The van der Waals surface area contributed by atoms with Crippen molar-refractivity contribution < 1.29 is 14.3 Å². The van der Waals surface area contributed by atoms with E-state index in [1.54, 1.807) is 24.5 Å². The van der Waals surface area contributed by atoms with E-state index >= 15 is 0 Å². The van der Waals surface area contributed by atoms with E-state index in [2.05, 4.69) is 15.5 Å².